The molecule has 3 heteroatoms. The van der Waals surface area contributed by atoms with Gasteiger partial charge in [0.05, 0.1) is 5.92 Å². The first-order chi connectivity index (χ1) is 10.6. The van der Waals surface area contributed by atoms with E-state index >= 15 is 0 Å². The molecule has 2 fully saturated rings. The highest BCUT2D eigenvalue weighted by Gasteiger charge is 2.34. The minimum Gasteiger partial charge on any atom is -0.462 e. The van der Waals surface area contributed by atoms with Crippen LogP contribution in [0.4, 0.5) is 4.39 Å². The fourth-order valence-corrected chi connectivity index (χ4v) is 4.11. The van der Waals surface area contributed by atoms with E-state index in [1.165, 1.54) is 6.42 Å². The average molecular weight is 312 g/mol. The van der Waals surface area contributed by atoms with Crippen LogP contribution in [0.5, 0.6) is 0 Å². The van der Waals surface area contributed by atoms with Gasteiger partial charge in [-0.2, -0.15) is 0 Å². The Bertz CT molecular complexity index is 336. The number of esters is 1. The van der Waals surface area contributed by atoms with Crippen molar-refractivity contribution in [3.63, 3.8) is 0 Å². The van der Waals surface area contributed by atoms with Gasteiger partial charge >= 0.3 is 5.97 Å². The number of halogens is 1. The van der Waals surface area contributed by atoms with Gasteiger partial charge in [0.15, 0.2) is 0 Å². The Hall–Kier alpha value is -0.600. The molecule has 3 unspecified atom stereocenters. The molecule has 0 saturated heterocycles. The van der Waals surface area contributed by atoms with Crippen molar-refractivity contribution in [2.24, 2.45) is 17.8 Å². The van der Waals surface area contributed by atoms with E-state index in [1.807, 2.05) is 0 Å². The number of carbonyl (C=O) groups excluding carboxylic acids is 1. The van der Waals surface area contributed by atoms with E-state index < -0.39 is 6.17 Å². The molecule has 0 heterocycles. The summed E-state index contributed by atoms with van der Waals surface area (Å²) >= 11 is 0. The van der Waals surface area contributed by atoms with Crippen LogP contribution in [-0.4, -0.2) is 18.2 Å². The third-order valence-electron chi connectivity index (χ3n) is 5.83. The van der Waals surface area contributed by atoms with Gasteiger partial charge in [-0.15, -0.1) is 0 Å². The molecule has 0 aliphatic heterocycles. The fraction of sp³-hybridized carbons (Fsp3) is 0.947. The van der Waals surface area contributed by atoms with E-state index in [4.69, 9.17) is 4.74 Å². The predicted octanol–water partition coefficient (Wildman–Crippen LogP) is 5.44. The Morgan fingerprint density at radius 1 is 1.09 bits per heavy atom. The van der Waals surface area contributed by atoms with E-state index in [-0.39, 0.29) is 23.9 Å². The van der Waals surface area contributed by atoms with E-state index in [0.29, 0.717) is 6.42 Å². The summed E-state index contributed by atoms with van der Waals surface area (Å²) in [6.07, 6.45) is 9.84. The summed E-state index contributed by atoms with van der Waals surface area (Å²) in [5.41, 5.74) is 0. The van der Waals surface area contributed by atoms with Gasteiger partial charge in [0.25, 0.3) is 0 Å². The van der Waals surface area contributed by atoms with Crippen LogP contribution in [0.2, 0.25) is 0 Å². The predicted molar refractivity (Wildman–Crippen MR) is 87.4 cm³/mol. The molecule has 2 saturated carbocycles. The fourth-order valence-electron chi connectivity index (χ4n) is 4.11. The van der Waals surface area contributed by atoms with Crippen molar-refractivity contribution in [1.82, 2.24) is 0 Å². The molecule has 0 amide bonds. The maximum absolute atomic E-state index is 14.2. The van der Waals surface area contributed by atoms with Crippen LogP contribution in [-0.2, 0) is 9.53 Å². The molecule has 0 spiro atoms. The van der Waals surface area contributed by atoms with E-state index in [0.717, 1.165) is 63.7 Å². The second-order valence-electron chi connectivity index (χ2n) is 7.42. The Balaban J connectivity index is 1.72. The van der Waals surface area contributed by atoms with Gasteiger partial charge in [0.1, 0.15) is 12.3 Å². The number of rotatable bonds is 6. The first-order valence-corrected chi connectivity index (χ1v) is 9.48. The van der Waals surface area contributed by atoms with Crippen molar-refractivity contribution >= 4 is 5.97 Å². The molecular formula is C19H33FO2. The lowest BCUT2D eigenvalue weighted by molar-refractivity contribution is -0.158. The molecule has 22 heavy (non-hydrogen) atoms. The van der Waals surface area contributed by atoms with E-state index in [1.54, 1.807) is 0 Å². The zero-order valence-corrected chi connectivity index (χ0v) is 14.4. The number of carbonyl (C=O) groups is 1. The first-order valence-electron chi connectivity index (χ1n) is 9.48. The second kappa shape index (κ2) is 8.88. The second-order valence-corrected chi connectivity index (χ2v) is 7.42. The number of hydrogen-bond donors (Lipinski definition) is 0. The van der Waals surface area contributed by atoms with Gasteiger partial charge in [-0.3, -0.25) is 4.79 Å². The molecule has 128 valence electrons. The maximum atomic E-state index is 14.2. The molecule has 2 aliphatic carbocycles. The topological polar surface area (TPSA) is 26.3 Å². The van der Waals surface area contributed by atoms with Crippen molar-refractivity contribution in [2.75, 3.05) is 0 Å². The molecule has 0 N–H and O–H groups in total. The maximum Gasteiger partial charge on any atom is 0.309 e. The largest absolute Gasteiger partial charge is 0.462 e. The lowest BCUT2D eigenvalue weighted by Crippen LogP contribution is -2.34. The molecule has 3 atom stereocenters. The Labute approximate surface area is 135 Å². The van der Waals surface area contributed by atoms with Gasteiger partial charge in [0, 0.05) is 6.42 Å². The summed E-state index contributed by atoms with van der Waals surface area (Å²) in [6, 6.07) is 0. The van der Waals surface area contributed by atoms with Crippen molar-refractivity contribution in [2.45, 2.75) is 96.8 Å². The van der Waals surface area contributed by atoms with Gasteiger partial charge in [-0.1, -0.05) is 33.1 Å². The SMILES string of the molecule is CCCCC1CCC(OC(=O)C2CCC(CC)CC2)CC1F. The standard InChI is InChI=1S/C19H33FO2/c1-3-5-6-15-11-12-17(13-18(15)20)22-19(21)16-9-7-14(4-2)8-10-16/h14-18H,3-13H2,1-2H3. The highest BCUT2D eigenvalue weighted by molar-refractivity contribution is 5.72. The van der Waals surface area contributed by atoms with E-state index in [2.05, 4.69) is 13.8 Å². The molecule has 2 nitrogen and oxygen atoms in total. The van der Waals surface area contributed by atoms with Crippen LogP contribution in [0.15, 0.2) is 0 Å². The molecule has 0 bridgehead atoms. The molecule has 0 aromatic carbocycles. The molecule has 0 radical (unpaired) electrons. The highest BCUT2D eigenvalue weighted by Crippen LogP contribution is 2.35. The van der Waals surface area contributed by atoms with Crippen LogP contribution in [0.25, 0.3) is 0 Å². The molecule has 2 rings (SSSR count). The Kier molecular flexibility index (Phi) is 7.17. The van der Waals surface area contributed by atoms with Crippen LogP contribution < -0.4 is 0 Å². The van der Waals surface area contributed by atoms with Gasteiger partial charge < -0.3 is 4.74 Å². The zero-order chi connectivity index (χ0) is 15.9. The molecular weight excluding hydrogens is 279 g/mol. The first kappa shape index (κ1) is 17.7. The third kappa shape index (κ3) is 4.96. The molecule has 0 aromatic rings. The van der Waals surface area contributed by atoms with E-state index in [9.17, 15) is 9.18 Å². The lowest BCUT2D eigenvalue weighted by Gasteiger charge is -2.33. The van der Waals surface area contributed by atoms with Crippen molar-refractivity contribution in [3.8, 4) is 0 Å². The summed E-state index contributed by atoms with van der Waals surface area (Å²) in [7, 11) is 0. The summed E-state index contributed by atoms with van der Waals surface area (Å²) in [4.78, 5) is 12.3. The minimum absolute atomic E-state index is 0.0567. The van der Waals surface area contributed by atoms with Crippen molar-refractivity contribution in [3.05, 3.63) is 0 Å². The van der Waals surface area contributed by atoms with Crippen molar-refractivity contribution < 1.29 is 13.9 Å². The number of ether oxygens (including phenoxy) is 1. The number of hydrogen-bond acceptors (Lipinski definition) is 2. The highest BCUT2D eigenvalue weighted by atomic mass is 19.1. The summed E-state index contributed by atoms with van der Waals surface area (Å²) in [5, 5.41) is 0. The third-order valence-corrected chi connectivity index (χ3v) is 5.83. The number of alkyl halides is 1. The molecule has 0 aromatic heterocycles. The number of unbranched alkanes of at least 4 members (excludes halogenated alkanes) is 1. The molecule has 2 aliphatic rings. The van der Waals surface area contributed by atoms with Gasteiger partial charge in [-0.05, 0) is 56.8 Å². The zero-order valence-electron chi connectivity index (χ0n) is 14.4. The minimum atomic E-state index is -0.783. The smallest absolute Gasteiger partial charge is 0.309 e. The summed E-state index contributed by atoms with van der Waals surface area (Å²) in [6.45, 7) is 4.37. The summed E-state index contributed by atoms with van der Waals surface area (Å²) < 4.78 is 19.9. The van der Waals surface area contributed by atoms with Crippen LogP contribution in [0.1, 0.15) is 84.5 Å². The van der Waals surface area contributed by atoms with Crippen LogP contribution in [0, 0.1) is 17.8 Å². The average Bonchev–Trinajstić information content (AvgIpc) is 2.54. The quantitative estimate of drug-likeness (QED) is 0.610. The monoisotopic (exact) mass is 312 g/mol. The van der Waals surface area contributed by atoms with Crippen LogP contribution >= 0.6 is 0 Å². The van der Waals surface area contributed by atoms with Crippen molar-refractivity contribution in [1.29, 1.82) is 0 Å². The normalized spacial score (nSPS) is 36.0. The summed E-state index contributed by atoms with van der Waals surface area (Å²) in [5.74, 6) is 0.987. The van der Waals surface area contributed by atoms with Crippen LogP contribution in [0.3, 0.4) is 0 Å². The Morgan fingerprint density at radius 2 is 1.82 bits per heavy atom. The Morgan fingerprint density at radius 3 is 2.41 bits per heavy atom. The van der Waals surface area contributed by atoms with Gasteiger partial charge in [0.2, 0.25) is 0 Å². The van der Waals surface area contributed by atoms with Gasteiger partial charge in [-0.25, -0.2) is 4.39 Å². The lowest BCUT2D eigenvalue weighted by atomic mass is 9.80.